The molecular formula is C42H44N4O6. The lowest BCUT2D eigenvalue weighted by Gasteiger charge is -2.18. The molecule has 2 atom stereocenters. The standard InChI is InChI=1S/2C21H22N2O3/c2*1-13-7-5-6-8-16(13)18-12-20(24)22-19-11-15(9-10-17(18)19)26-14(2)21(25)23(3)4/h2*5-12,14H,1-4H3,(H,22,24). The first-order valence-electron chi connectivity index (χ1n) is 16.9. The molecule has 10 heteroatoms. The van der Waals surface area contributed by atoms with Gasteiger partial charge in [0.15, 0.2) is 12.2 Å². The summed E-state index contributed by atoms with van der Waals surface area (Å²) in [6.45, 7) is 7.46. The van der Waals surface area contributed by atoms with Gasteiger partial charge in [0.25, 0.3) is 11.8 Å². The predicted molar refractivity (Wildman–Crippen MR) is 207 cm³/mol. The van der Waals surface area contributed by atoms with Crippen LogP contribution < -0.4 is 20.6 Å². The van der Waals surface area contributed by atoms with Crippen molar-refractivity contribution in [2.45, 2.75) is 39.9 Å². The molecule has 4 aromatic carbocycles. The molecule has 0 aliphatic rings. The Bertz CT molecular complexity index is 2210. The Morgan fingerprint density at radius 3 is 1.25 bits per heavy atom. The van der Waals surface area contributed by atoms with Crippen molar-refractivity contribution < 1.29 is 19.1 Å². The van der Waals surface area contributed by atoms with E-state index in [-0.39, 0.29) is 22.9 Å². The Hall–Kier alpha value is -6.16. The summed E-state index contributed by atoms with van der Waals surface area (Å²) < 4.78 is 11.5. The van der Waals surface area contributed by atoms with Gasteiger partial charge in [-0.3, -0.25) is 19.2 Å². The fourth-order valence-corrected chi connectivity index (χ4v) is 6.06. The molecule has 0 aliphatic heterocycles. The van der Waals surface area contributed by atoms with E-state index in [1.54, 1.807) is 66.3 Å². The topological polar surface area (TPSA) is 125 Å². The lowest BCUT2D eigenvalue weighted by atomic mass is 9.97. The molecule has 2 amide bonds. The predicted octanol–water partition coefficient (Wildman–Crippen LogP) is 6.72. The summed E-state index contributed by atoms with van der Waals surface area (Å²) >= 11 is 0. The highest BCUT2D eigenvalue weighted by Crippen LogP contribution is 2.32. The van der Waals surface area contributed by atoms with E-state index in [0.717, 1.165) is 44.2 Å². The van der Waals surface area contributed by atoms with Gasteiger partial charge in [-0.05, 0) is 85.3 Å². The number of carbonyl (C=O) groups excluding carboxylic acids is 2. The average Bonchev–Trinajstić information content (AvgIpc) is 3.10. The van der Waals surface area contributed by atoms with Gasteiger partial charge >= 0.3 is 0 Å². The van der Waals surface area contributed by atoms with Crippen molar-refractivity contribution in [2.24, 2.45) is 0 Å². The molecule has 0 saturated heterocycles. The van der Waals surface area contributed by atoms with E-state index in [4.69, 9.17) is 9.47 Å². The van der Waals surface area contributed by atoms with Gasteiger partial charge in [0.2, 0.25) is 11.1 Å². The minimum atomic E-state index is -0.603. The van der Waals surface area contributed by atoms with Crippen LogP contribution in [0.2, 0.25) is 0 Å². The Kier molecular flexibility index (Phi) is 11.3. The summed E-state index contributed by atoms with van der Waals surface area (Å²) in [5.41, 5.74) is 7.01. The molecule has 6 aromatic rings. The van der Waals surface area contributed by atoms with E-state index in [1.807, 2.05) is 86.6 Å². The molecule has 2 unspecified atom stereocenters. The maximum atomic E-state index is 12.2. The smallest absolute Gasteiger partial charge is 0.262 e. The van der Waals surface area contributed by atoms with E-state index in [2.05, 4.69) is 9.97 Å². The molecule has 268 valence electrons. The van der Waals surface area contributed by atoms with E-state index in [0.29, 0.717) is 22.5 Å². The highest BCUT2D eigenvalue weighted by Gasteiger charge is 2.19. The number of nitrogens with zero attached hydrogens (tertiary/aromatic N) is 2. The van der Waals surface area contributed by atoms with Gasteiger partial charge in [-0.25, -0.2) is 0 Å². The number of H-pyrrole nitrogens is 2. The Morgan fingerprint density at radius 2 is 0.904 bits per heavy atom. The van der Waals surface area contributed by atoms with Crippen LogP contribution in [0, 0.1) is 13.8 Å². The molecule has 0 spiro atoms. The number of pyridine rings is 2. The number of hydrogen-bond donors (Lipinski definition) is 2. The molecule has 0 bridgehead atoms. The van der Waals surface area contributed by atoms with Crippen molar-refractivity contribution >= 4 is 33.6 Å². The fourth-order valence-electron chi connectivity index (χ4n) is 6.06. The third-order valence-electron chi connectivity index (χ3n) is 8.70. The quantitative estimate of drug-likeness (QED) is 0.182. The van der Waals surface area contributed by atoms with Crippen molar-refractivity contribution in [2.75, 3.05) is 28.2 Å². The SMILES string of the molecule is Cc1ccccc1-c1cc(=O)[nH]c2cc(OC(C)C(=O)N(C)C)ccc12.Cc1ccccc1-c1cc(=O)[nH]c2cc(OC(C)C(=O)N(C)C)ccc12. The summed E-state index contributed by atoms with van der Waals surface area (Å²) in [4.78, 5) is 57.0. The van der Waals surface area contributed by atoms with Crippen LogP contribution in [0.1, 0.15) is 25.0 Å². The van der Waals surface area contributed by atoms with E-state index in [1.165, 1.54) is 9.80 Å². The second-order valence-corrected chi connectivity index (χ2v) is 13.1. The van der Waals surface area contributed by atoms with Crippen molar-refractivity contribution in [1.82, 2.24) is 19.8 Å². The molecule has 2 N–H and O–H groups in total. The van der Waals surface area contributed by atoms with Crippen LogP contribution in [0.15, 0.2) is 107 Å². The second kappa shape index (κ2) is 15.8. The Balaban J connectivity index is 0.000000201. The summed E-state index contributed by atoms with van der Waals surface area (Å²) in [6.07, 6.45) is -1.21. The molecule has 0 radical (unpaired) electrons. The highest BCUT2D eigenvalue weighted by atomic mass is 16.5. The molecular weight excluding hydrogens is 656 g/mol. The molecule has 10 nitrogen and oxygen atoms in total. The largest absolute Gasteiger partial charge is 0.481 e. The minimum absolute atomic E-state index is 0.118. The fraction of sp³-hybridized carbons (Fsp3) is 0.238. The van der Waals surface area contributed by atoms with Crippen LogP contribution in [0.4, 0.5) is 0 Å². The maximum absolute atomic E-state index is 12.2. The van der Waals surface area contributed by atoms with Gasteiger partial charge < -0.3 is 29.2 Å². The number of aryl methyl sites for hydroxylation is 2. The van der Waals surface area contributed by atoms with Crippen LogP contribution in [0.25, 0.3) is 44.1 Å². The average molecular weight is 701 g/mol. The number of aromatic amines is 2. The van der Waals surface area contributed by atoms with Crippen LogP contribution >= 0.6 is 0 Å². The Labute approximate surface area is 302 Å². The first-order valence-corrected chi connectivity index (χ1v) is 16.9. The Morgan fingerprint density at radius 1 is 0.538 bits per heavy atom. The van der Waals surface area contributed by atoms with Gasteiger partial charge in [-0.1, -0.05) is 48.5 Å². The third-order valence-corrected chi connectivity index (χ3v) is 8.70. The van der Waals surface area contributed by atoms with Gasteiger partial charge in [0.05, 0.1) is 11.0 Å². The lowest BCUT2D eigenvalue weighted by Crippen LogP contribution is -2.35. The van der Waals surface area contributed by atoms with Gasteiger partial charge in [-0.2, -0.15) is 0 Å². The van der Waals surface area contributed by atoms with Crippen molar-refractivity contribution in [3.05, 3.63) is 129 Å². The number of fused-ring (bicyclic) bond motifs is 2. The number of ether oxygens (including phenoxy) is 2. The van der Waals surface area contributed by atoms with Crippen molar-refractivity contribution in [3.63, 3.8) is 0 Å². The van der Waals surface area contributed by atoms with Crippen LogP contribution in [-0.2, 0) is 9.59 Å². The molecule has 0 fully saturated rings. The molecule has 0 aliphatic carbocycles. The van der Waals surface area contributed by atoms with E-state index >= 15 is 0 Å². The summed E-state index contributed by atoms with van der Waals surface area (Å²) in [5.74, 6) is 0.843. The minimum Gasteiger partial charge on any atom is -0.481 e. The first-order chi connectivity index (χ1) is 24.7. The normalized spacial score (nSPS) is 12.0. The molecule has 2 heterocycles. The van der Waals surface area contributed by atoms with Gasteiger partial charge in [0.1, 0.15) is 11.5 Å². The number of benzene rings is 4. The van der Waals surface area contributed by atoms with Crippen LogP contribution in [0.3, 0.4) is 0 Å². The first kappa shape index (κ1) is 37.1. The maximum Gasteiger partial charge on any atom is 0.262 e. The third kappa shape index (κ3) is 8.40. The van der Waals surface area contributed by atoms with Crippen molar-refractivity contribution in [3.8, 4) is 33.8 Å². The second-order valence-electron chi connectivity index (χ2n) is 13.1. The summed E-state index contributed by atoms with van der Waals surface area (Å²) in [5, 5.41) is 1.86. The summed E-state index contributed by atoms with van der Waals surface area (Å²) in [7, 11) is 6.76. The molecule has 52 heavy (non-hydrogen) atoms. The number of likely N-dealkylation sites (N-methyl/N-ethyl adjacent to an activating group) is 2. The monoisotopic (exact) mass is 700 g/mol. The summed E-state index contributed by atoms with van der Waals surface area (Å²) in [6, 6.07) is 30.1. The number of nitrogens with one attached hydrogen (secondary N) is 2. The lowest BCUT2D eigenvalue weighted by molar-refractivity contribution is -0.135. The highest BCUT2D eigenvalue weighted by molar-refractivity contribution is 5.96. The number of rotatable bonds is 8. The zero-order valence-corrected chi connectivity index (χ0v) is 30.7. The number of carbonyl (C=O) groups is 2. The zero-order valence-electron chi connectivity index (χ0n) is 30.7. The number of hydrogen-bond acceptors (Lipinski definition) is 6. The molecule has 6 rings (SSSR count). The zero-order chi connectivity index (χ0) is 37.7. The number of aromatic nitrogens is 2. The molecule has 2 aromatic heterocycles. The van der Waals surface area contributed by atoms with Gasteiger partial charge in [-0.15, -0.1) is 0 Å². The van der Waals surface area contributed by atoms with Gasteiger partial charge in [0, 0.05) is 63.2 Å². The molecule has 0 saturated carbocycles. The number of amides is 2. The van der Waals surface area contributed by atoms with Crippen molar-refractivity contribution in [1.29, 1.82) is 0 Å². The van der Waals surface area contributed by atoms with Crippen LogP contribution in [0.5, 0.6) is 11.5 Å². The van der Waals surface area contributed by atoms with E-state index in [9.17, 15) is 19.2 Å². The van der Waals surface area contributed by atoms with Crippen LogP contribution in [-0.4, -0.2) is 72.0 Å². The van der Waals surface area contributed by atoms with E-state index < -0.39 is 12.2 Å².